The van der Waals surface area contributed by atoms with E-state index < -0.39 is 0 Å². The molecule has 0 amide bonds. The van der Waals surface area contributed by atoms with E-state index in [2.05, 4.69) is 22.7 Å². The van der Waals surface area contributed by atoms with E-state index in [1.165, 1.54) is 0 Å². The SMILES string of the molecule is CNCCc1nn(C)cc1-c1coc2ccccc12. The van der Waals surface area contributed by atoms with Crippen molar-refractivity contribution < 1.29 is 4.42 Å². The van der Waals surface area contributed by atoms with Crippen LogP contribution in [-0.4, -0.2) is 23.4 Å². The molecule has 1 aromatic carbocycles. The van der Waals surface area contributed by atoms with Crippen LogP contribution in [0, 0.1) is 0 Å². The molecule has 0 atom stereocenters. The van der Waals surface area contributed by atoms with Crippen molar-refractivity contribution in [2.75, 3.05) is 13.6 Å². The summed E-state index contributed by atoms with van der Waals surface area (Å²) in [5, 5.41) is 8.85. The lowest BCUT2D eigenvalue weighted by atomic mass is 10.0. The average Bonchev–Trinajstić information content (AvgIpc) is 2.99. The summed E-state index contributed by atoms with van der Waals surface area (Å²) in [5.74, 6) is 0. The van der Waals surface area contributed by atoms with Crippen molar-refractivity contribution in [1.29, 1.82) is 0 Å². The van der Waals surface area contributed by atoms with Crippen LogP contribution in [0.4, 0.5) is 0 Å². The van der Waals surface area contributed by atoms with Crippen molar-refractivity contribution in [1.82, 2.24) is 15.1 Å². The Bertz CT molecular complexity index is 696. The van der Waals surface area contributed by atoms with E-state index >= 15 is 0 Å². The lowest BCUT2D eigenvalue weighted by Gasteiger charge is -2.00. The zero-order valence-electron chi connectivity index (χ0n) is 11.2. The van der Waals surface area contributed by atoms with E-state index in [1.807, 2.05) is 43.2 Å². The fourth-order valence-electron chi connectivity index (χ4n) is 2.37. The molecule has 98 valence electrons. The number of aryl methyl sites for hydroxylation is 1. The van der Waals surface area contributed by atoms with Crippen LogP contribution < -0.4 is 5.32 Å². The van der Waals surface area contributed by atoms with Crippen molar-refractivity contribution in [3.05, 3.63) is 42.4 Å². The van der Waals surface area contributed by atoms with E-state index in [1.54, 1.807) is 0 Å². The molecule has 0 aliphatic heterocycles. The summed E-state index contributed by atoms with van der Waals surface area (Å²) >= 11 is 0. The van der Waals surface area contributed by atoms with Gasteiger partial charge in [-0.25, -0.2) is 0 Å². The van der Waals surface area contributed by atoms with Gasteiger partial charge >= 0.3 is 0 Å². The van der Waals surface area contributed by atoms with Crippen LogP contribution in [0.5, 0.6) is 0 Å². The molecule has 0 saturated heterocycles. The third-order valence-corrected chi connectivity index (χ3v) is 3.29. The van der Waals surface area contributed by atoms with Crippen molar-refractivity contribution in [3.8, 4) is 11.1 Å². The molecular formula is C15H17N3O. The fraction of sp³-hybridized carbons (Fsp3) is 0.267. The lowest BCUT2D eigenvalue weighted by Crippen LogP contribution is -2.11. The second kappa shape index (κ2) is 4.90. The van der Waals surface area contributed by atoms with Crippen LogP contribution in [0.3, 0.4) is 0 Å². The first-order chi connectivity index (χ1) is 9.29. The Morgan fingerprint density at radius 1 is 1.26 bits per heavy atom. The van der Waals surface area contributed by atoms with Gasteiger partial charge in [0, 0.05) is 42.7 Å². The summed E-state index contributed by atoms with van der Waals surface area (Å²) in [4.78, 5) is 0. The first-order valence-electron chi connectivity index (χ1n) is 6.43. The molecule has 2 heterocycles. The average molecular weight is 255 g/mol. The number of furan rings is 1. The highest BCUT2D eigenvalue weighted by Crippen LogP contribution is 2.32. The van der Waals surface area contributed by atoms with Gasteiger partial charge in [-0.2, -0.15) is 5.10 Å². The molecule has 0 bridgehead atoms. The molecule has 3 aromatic rings. The second-order valence-corrected chi connectivity index (χ2v) is 4.66. The predicted molar refractivity (Wildman–Crippen MR) is 76.0 cm³/mol. The number of para-hydroxylation sites is 1. The van der Waals surface area contributed by atoms with Crippen LogP contribution in [-0.2, 0) is 13.5 Å². The Hall–Kier alpha value is -2.07. The number of rotatable bonds is 4. The van der Waals surface area contributed by atoms with Crippen molar-refractivity contribution in [3.63, 3.8) is 0 Å². The Morgan fingerprint density at radius 3 is 2.95 bits per heavy atom. The molecule has 1 N–H and O–H groups in total. The standard InChI is InChI=1S/C15H17N3O/c1-16-8-7-14-12(9-18(2)17-14)13-10-19-15-6-4-3-5-11(13)15/h3-6,9-10,16H,7-8H2,1-2H3. The minimum atomic E-state index is 0.909. The number of aromatic nitrogens is 2. The van der Waals surface area contributed by atoms with Crippen molar-refractivity contribution in [2.24, 2.45) is 7.05 Å². The van der Waals surface area contributed by atoms with E-state index in [4.69, 9.17) is 4.42 Å². The molecule has 0 unspecified atom stereocenters. The largest absolute Gasteiger partial charge is 0.464 e. The first-order valence-corrected chi connectivity index (χ1v) is 6.43. The number of likely N-dealkylation sites (N-methyl/N-ethyl adjacent to an activating group) is 1. The van der Waals surface area contributed by atoms with Crippen LogP contribution >= 0.6 is 0 Å². The number of hydrogen-bond donors (Lipinski definition) is 1. The molecule has 4 nitrogen and oxygen atoms in total. The van der Waals surface area contributed by atoms with Gasteiger partial charge in [0.15, 0.2) is 0 Å². The van der Waals surface area contributed by atoms with Gasteiger partial charge in [-0.1, -0.05) is 18.2 Å². The van der Waals surface area contributed by atoms with Gasteiger partial charge in [0.05, 0.1) is 12.0 Å². The molecule has 0 aliphatic carbocycles. The molecule has 0 radical (unpaired) electrons. The Kier molecular flexibility index (Phi) is 3.09. The highest BCUT2D eigenvalue weighted by Gasteiger charge is 2.14. The summed E-state index contributed by atoms with van der Waals surface area (Å²) in [6, 6.07) is 8.09. The van der Waals surface area contributed by atoms with E-state index in [0.29, 0.717) is 0 Å². The van der Waals surface area contributed by atoms with Gasteiger partial charge in [-0.15, -0.1) is 0 Å². The normalized spacial score (nSPS) is 11.3. The molecule has 0 aliphatic rings. The lowest BCUT2D eigenvalue weighted by molar-refractivity contribution is 0.617. The number of hydrogen-bond acceptors (Lipinski definition) is 3. The quantitative estimate of drug-likeness (QED) is 0.779. The number of nitrogens with one attached hydrogen (secondary N) is 1. The van der Waals surface area contributed by atoms with Crippen molar-refractivity contribution in [2.45, 2.75) is 6.42 Å². The molecule has 0 saturated carbocycles. The molecule has 3 rings (SSSR count). The molecule has 2 aromatic heterocycles. The molecule has 0 spiro atoms. The Labute approximate surface area is 112 Å². The molecule has 19 heavy (non-hydrogen) atoms. The van der Waals surface area contributed by atoms with E-state index in [9.17, 15) is 0 Å². The summed E-state index contributed by atoms with van der Waals surface area (Å²) in [7, 11) is 3.91. The fourth-order valence-corrected chi connectivity index (χ4v) is 2.37. The van der Waals surface area contributed by atoms with Gasteiger partial charge in [0.2, 0.25) is 0 Å². The Balaban J connectivity index is 2.10. The molecule has 4 heteroatoms. The van der Waals surface area contributed by atoms with Gasteiger partial charge in [-0.3, -0.25) is 4.68 Å². The first kappa shape index (κ1) is 12.0. The van der Waals surface area contributed by atoms with E-state index in [-0.39, 0.29) is 0 Å². The molecule has 0 fully saturated rings. The van der Waals surface area contributed by atoms with Gasteiger partial charge in [0.1, 0.15) is 5.58 Å². The minimum Gasteiger partial charge on any atom is -0.464 e. The summed E-state index contributed by atoms with van der Waals surface area (Å²) < 4.78 is 7.48. The van der Waals surface area contributed by atoms with Crippen LogP contribution in [0.1, 0.15) is 5.69 Å². The summed E-state index contributed by atoms with van der Waals surface area (Å²) in [5.41, 5.74) is 4.29. The highest BCUT2D eigenvalue weighted by atomic mass is 16.3. The molecular weight excluding hydrogens is 238 g/mol. The summed E-state index contributed by atoms with van der Waals surface area (Å²) in [6.45, 7) is 0.916. The second-order valence-electron chi connectivity index (χ2n) is 4.66. The predicted octanol–water partition coefficient (Wildman–Crippen LogP) is 2.60. The van der Waals surface area contributed by atoms with Gasteiger partial charge in [-0.05, 0) is 13.1 Å². The minimum absolute atomic E-state index is 0.909. The topological polar surface area (TPSA) is 43.0 Å². The van der Waals surface area contributed by atoms with Gasteiger partial charge < -0.3 is 9.73 Å². The number of fused-ring (bicyclic) bond motifs is 1. The number of benzene rings is 1. The third kappa shape index (κ3) is 2.15. The maximum Gasteiger partial charge on any atom is 0.134 e. The summed E-state index contributed by atoms with van der Waals surface area (Å²) in [6.07, 6.45) is 4.79. The Morgan fingerprint density at radius 2 is 2.11 bits per heavy atom. The van der Waals surface area contributed by atoms with Crippen LogP contribution in [0.2, 0.25) is 0 Å². The van der Waals surface area contributed by atoms with E-state index in [0.717, 1.165) is 40.8 Å². The highest BCUT2D eigenvalue weighted by molar-refractivity contribution is 5.94. The maximum atomic E-state index is 5.62. The third-order valence-electron chi connectivity index (χ3n) is 3.29. The monoisotopic (exact) mass is 255 g/mol. The number of nitrogens with zero attached hydrogens (tertiary/aromatic N) is 2. The van der Waals surface area contributed by atoms with Crippen LogP contribution in [0.15, 0.2) is 41.1 Å². The van der Waals surface area contributed by atoms with Gasteiger partial charge in [0.25, 0.3) is 0 Å². The maximum absolute atomic E-state index is 5.62. The zero-order chi connectivity index (χ0) is 13.2. The van der Waals surface area contributed by atoms with Crippen LogP contribution in [0.25, 0.3) is 22.1 Å². The smallest absolute Gasteiger partial charge is 0.134 e. The zero-order valence-corrected chi connectivity index (χ0v) is 11.2. The van der Waals surface area contributed by atoms with Crippen molar-refractivity contribution >= 4 is 11.0 Å².